The van der Waals surface area contributed by atoms with Crippen LogP contribution in [-0.2, 0) is 9.53 Å². The van der Waals surface area contributed by atoms with Crippen LogP contribution in [0.5, 0.6) is 0 Å². The molecule has 1 aliphatic heterocycles. The monoisotopic (exact) mass is 268 g/mol. The zero-order valence-corrected chi connectivity index (χ0v) is 10.2. The first kappa shape index (κ1) is 15.2. The highest BCUT2D eigenvalue weighted by Gasteiger charge is 2.27. The van der Waals surface area contributed by atoms with Crippen molar-refractivity contribution < 1.29 is 22.7 Å². The molecule has 7 heteroatoms. The fraction of sp³-hybridized carbons (Fsp3) is 0.909. The summed E-state index contributed by atoms with van der Waals surface area (Å²) in [5, 5.41) is 5.81. The van der Waals surface area contributed by atoms with Gasteiger partial charge in [0.2, 0.25) is 5.91 Å². The van der Waals surface area contributed by atoms with Gasteiger partial charge in [-0.25, -0.2) is 0 Å². The van der Waals surface area contributed by atoms with Crippen LogP contribution in [0.2, 0.25) is 0 Å². The molecule has 1 aliphatic rings. The van der Waals surface area contributed by atoms with E-state index in [-0.39, 0.29) is 19.1 Å². The molecule has 0 radical (unpaired) electrons. The first-order chi connectivity index (χ1) is 8.47. The summed E-state index contributed by atoms with van der Waals surface area (Å²) in [5.41, 5.74) is 0. The molecule has 2 N–H and O–H groups in total. The maximum Gasteiger partial charge on any atom is 0.411 e. The molecule has 0 aromatic rings. The van der Waals surface area contributed by atoms with Gasteiger partial charge in [-0.2, -0.15) is 13.2 Å². The maximum atomic E-state index is 11.7. The summed E-state index contributed by atoms with van der Waals surface area (Å²) in [7, 11) is 0. The molecule has 0 aromatic heterocycles. The Morgan fingerprint density at radius 1 is 1.44 bits per heavy atom. The van der Waals surface area contributed by atoms with Gasteiger partial charge in [0.25, 0.3) is 0 Å². The second-order valence-electron chi connectivity index (χ2n) is 4.35. The Balaban J connectivity index is 1.93. The van der Waals surface area contributed by atoms with Crippen LogP contribution >= 0.6 is 0 Å². The predicted molar refractivity (Wildman–Crippen MR) is 60.1 cm³/mol. The minimum Gasteiger partial charge on any atom is -0.370 e. The van der Waals surface area contributed by atoms with Gasteiger partial charge < -0.3 is 15.4 Å². The van der Waals surface area contributed by atoms with E-state index in [1.807, 2.05) is 0 Å². The van der Waals surface area contributed by atoms with E-state index >= 15 is 0 Å². The number of halogens is 3. The molecule has 0 aliphatic carbocycles. The van der Waals surface area contributed by atoms with Crippen LogP contribution < -0.4 is 10.6 Å². The molecule has 1 rings (SSSR count). The van der Waals surface area contributed by atoms with Gasteiger partial charge in [0.15, 0.2) is 0 Å². The summed E-state index contributed by atoms with van der Waals surface area (Å²) in [5.74, 6) is -0.140. The van der Waals surface area contributed by atoms with Crippen molar-refractivity contribution in [3.8, 4) is 0 Å². The summed E-state index contributed by atoms with van der Waals surface area (Å²) in [6.07, 6.45) is -0.913. The van der Waals surface area contributed by atoms with Crippen LogP contribution in [-0.4, -0.2) is 44.4 Å². The number of rotatable bonds is 7. The molecule has 1 fully saturated rings. The summed E-state index contributed by atoms with van der Waals surface area (Å²) >= 11 is 0. The Kier molecular flexibility index (Phi) is 6.42. The fourth-order valence-electron chi connectivity index (χ4n) is 1.85. The molecule has 1 atom stereocenters. The standard InChI is InChI=1S/C11H19F3N2O2/c12-11(13,14)8-18-7-6-16-10(17)4-3-9-2-1-5-15-9/h9,15H,1-8H2,(H,16,17). The molecule has 1 unspecified atom stereocenters. The smallest absolute Gasteiger partial charge is 0.370 e. The van der Waals surface area contributed by atoms with Gasteiger partial charge in [-0.15, -0.1) is 0 Å². The normalized spacial score (nSPS) is 20.1. The lowest BCUT2D eigenvalue weighted by atomic mass is 10.1. The number of alkyl halides is 3. The van der Waals surface area contributed by atoms with Gasteiger partial charge in [-0.3, -0.25) is 4.79 Å². The molecular formula is C11H19F3N2O2. The summed E-state index contributed by atoms with van der Waals surface area (Å²) < 4.78 is 39.5. The van der Waals surface area contributed by atoms with Crippen LogP contribution in [0.1, 0.15) is 25.7 Å². The SMILES string of the molecule is O=C(CCC1CCCN1)NCCOCC(F)(F)F. The third kappa shape index (κ3) is 7.50. The largest absolute Gasteiger partial charge is 0.411 e. The van der Waals surface area contributed by atoms with E-state index < -0.39 is 12.8 Å². The number of ether oxygens (including phenoxy) is 1. The molecule has 106 valence electrons. The first-order valence-electron chi connectivity index (χ1n) is 6.12. The molecule has 0 spiro atoms. The van der Waals surface area contributed by atoms with Crippen LogP contribution in [0.3, 0.4) is 0 Å². The Bertz CT molecular complexity index is 253. The van der Waals surface area contributed by atoms with E-state index in [9.17, 15) is 18.0 Å². The molecule has 0 saturated carbocycles. The molecule has 18 heavy (non-hydrogen) atoms. The van der Waals surface area contributed by atoms with Gasteiger partial charge in [0, 0.05) is 19.0 Å². The summed E-state index contributed by atoms with van der Waals surface area (Å²) in [6.45, 7) is -0.271. The number of carbonyl (C=O) groups excluding carboxylic acids is 1. The van der Waals surface area contributed by atoms with Gasteiger partial charge in [-0.05, 0) is 25.8 Å². The molecular weight excluding hydrogens is 249 g/mol. The van der Waals surface area contributed by atoms with Gasteiger partial charge in [-0.1, -0.05) is 0 Å². The maximum absolute atomic E-state index is 11.7. The van der Waals surface area contributed by atoms with Crippen LogP contribution in [0.4, 0.5) is 13.2 Å². The van der Waals surface area contributed by atoms with E-state index in [0.29, 0.717) is 12.5 Å². The van der Waals surface area contributed by atoms with Crippen LogP contribution in [0, 0.1) is 0 Å². The number of amides is 1. The quantitative estimate of drug-likeness (QED) is 0.682. The summed E-state index contributed by atoms with van der Waals surface area (Å²) in [4.78, 5) is 11.3. The molecule has 1 heterocycles. The fourth-order valence-corrected chi connectivity index (χ4v) is 1.85. The predicted octanol–water partition coefficient (Wildman–Crippen LogP) is 1.21. The molecule has 1 amide bonds. The van der Waals surface area contributed by atoms with Crippen molar-refractivity contribution >= 4 is 5.91 Å². The van der Waals surface area contributed by atoms with E-state index in [1.165, 1.54) is 0 Å². The lowest BCUT2D eigenvalue weighted by molar-refractivity contribution is -0.173. The second kappa shape index (κ2) is 7.58. The highest BCUT2D eigenvalue weighted by Crippen LogP contribution is 2.14. The number of nitrogens with one attached hydrogen (secondary N) is 2. The topological polar surface area (TPSA) is 50.4 Å². The van der Waals surface area contributed by atoms with Crippen molar-refractivity contribution in [1.82, 2.24) is 10.6 Å². The Labute approximate surface area is 104 Å². The average molecular weight is 268 g/mol. The Morgan fingerprint density at radius 2 is 2.22 bits per heavy atom. The molecule has 1 saturated heterocycles. The van der Waals surface area contributed by atoms with Crippen molar-refractivity contribution in [2.24, 2.45) is 0 Å². The number of hydrogen-bond acceptors (Lipinski definition) is 3. The first-order valence-corrected chi connectivity index (χ1v) is 6.12. The van der Waals surface area contributed by atoms with E-state index in [2.05, 4.69) is 15.4 Å². The van der Waals surface area contributed by atoms with E-state index in [1.54, 1.807) is 0 Å². The zero-order chi connectivity index (χ0) is 13.4. The second-order valence-corrected chi connectivity index (χ2v) is 4.35. The highest BCUT2D eigenvalue weighted by atomic mass is 19.4. The van der Waals surface area contributed by atoms with Crippen LogP contribution in [0.15, 0.2) is 0 Å². The van der Waals surface area contributed by atoms with Gasteiger partial charge >= 0.3 is 6.18 Å². The van der Waals surface area contributed by atoms with E-state index in [4.69, 9.17) is 0 Å². The average Bonchev–Trinajstić information content (AvgIpc) is 2.77. The minimum absolute atomic E-state index is 0.118. The molecule has 0 aromatic carbocycles. The third-order valence-corrected chi connectivity index (χ3v) is 2.72. The lowest BCUT2D eigenvalue weighted by Crippen LogP contribution is -2.30. The van der Waals surface area contributed by atoms with Crippen molar-refractivity contribution in [3.63, 3.8) is 0 Å². The number of hydrogen-bond donors (Lipinski definition) is 2. The highest BCUT2D eigenvalue weighted by molar-refractivity contribution is 5.75. The minimum atomic E-state index is -4.31. The van der Waals surface area contributed by atoms with Gasteiger partial charge in [0.05, 0.1) is 6.61 Å². The van der Waals surface area contributed by atoms with Crippen molar-refractivity contribution in [2.45, 2.75) is 37.9 Å². The van der Waals surface area contributed by atoms with E-state index in [0.717, 1.165) is 25.8 Å². The van der Waals surface area contributed by atoms with Gasteiger partial charge in [0.1, 0.15) is 6.61 Å². The number of carbonyl (C=O) groups is 1. The molecule has 0 bridgehead atoms. The Morgan fingerprint density at radius 3 is 2.83 bits per heavy atom. The van der Waals surface area contributed by atoms with Crippen LogP contribution in [0.25, 0.3) is 0 Å². The summed E-state index contributed by atoms with van der Waals surface area (Å²) in [6, 6.07) is 0.400. The lowest BCUT2D eigenvalue weighted by Gasteiger charge is -2.10. The van der Waals surface area contributed by atoms with Crippen molar-refractivity contribution in [2.75, 3.05) is 26.3 Å². The van der Waals surface area contributed by atoms with Crippen molar-refractivity contribution in [3.05, 3.63) is 0 Å². The third-order valence-electron chi connectivity index (χ3n) is 2.72. The van der Waals surface area contributed by atoms with Crippen molar-refractivity contribution in [1.29, 1.82) is 0 Å². The molecule has 4 nitrogen and oxygen atoms in total. The zero-order valence-electron chi connectivity index (χ0n) is 10.2. The Hall–Kier alpha value is -0.820.